The second kappa shape index (κ2) is 5.38. The fourth-order valence-corrected chi connectivity index (χ4v) is 1.98. The third-order valence-corrected chi connectivity index (χ3v) is 2.97. The number of benzene rings is 1. The summed E-state index contributed by atoms with van der Waals surface area (Å²) in [4.78, 5) is 0. The Labute approximate surface area is 125 Å². The van der Waals surface area contributed by atoms with Gasteiger partial charge in [-0.3, -0.25) is 4.68 Å². The molecular weight excluding hydrogens is 338 g/mol. The van der Waals surface area contributed by atoms with E-state index >= 15 is 0 Å². The topological polar surface area (TPSA) is 27.1 Å². The molecule has 0 radical (unpaired) electrons. The van der Waals surface area contributed by atoms with Gasteiger partial charge in [0.1, 0.15) is 10.8 Å². The molecule has 0 amide bonds. The Bertz CT molecular complexity index is 675. The molecule has 0 aliphatic carbocycles. The van der Waals surface area contributed by atoms with Crippen LogP contribution in [0.25, 0.3) is 0 Å². The van der Waals surface area contributed by atoms with Crippen molar-refractivity contribution >= 4 is 11.6 Å². The molecule has 1 aromatic heterocycles. The molecule has 0 saturated carbocycles. The fraction of sp³-hybridized carbons (Fsp3) is 0.250. The van der Waals surface area contributed by atoms with E-state index < -0.39 is 34.5 Å². The molecule has 0 aliphatic rings. The van der Waals surface area contributed by atoms with Crippen molar-refractivity contribution in [3.8, 4) is 11.6 Å². The number of hydrogen-bond acceptors (Lipinski definition) is 2. The molecule has 0 spiro atoms. The van der Waals surface area contributed by atoms with Crippen molar-refractivity contribution < 1.29 is 31.1 Å². The Balaban J connectivity index is 2.29. The number of hydrogen-bond donors (Lipinski definition) is 0. The van der Waals surface area contributed by atoms with Crippen molar-refractivity contribution in [2.24, 2.45) is 7.05 Å². The predicted molar refractivity (Wildman–Crippen MR) is 64.7 cm³/mol. The van der Waals surface area contributed by atoms with Crippen molar-refractivity contribution in [2.75, 3.05) is 0 Å². The van der Waals surface area contributed by atoms with Crippen molar-refractivity contribution in [1.29, 1.82) is 0 Å². The number of rotatable bonds is 2. The molecule has 1 heterocycles. The minimum absolute atomic E-state index is 0.123. The SMILES string of the molecule is Cn1nc(Oc2ccc(C(F)(F)F)cc2)c(Cl)c1C(F)(F)F. The maximum Gasteiger partial charge on any atom is 0.434 e. The van der Waals surface area contributed by atoms with Gasteiger partial charge in [-0.1, -0.05) is 11.6 Å². The van der Waals surface area contributed by atoms with Crippen molar-refractivity contribution in [2.45, 2.75) is 12.4 Å². The second-order valence-corrected chi connectivity index (χ2v) is 4.59. The van der Waals surface area contributed by atoms with Gasteiger partial charge in [-0.15, -0.1) is 5.10 Å². The van der Waals surface area contributed by atoms with E-state index in [1.165, 1.54) is 0 Å². The molecule has 0 N–H and O–H groups in total. The Morgan fingerprint density at radius 2 is 1.55 bits per heavy atom. The van der Waals surface area contributed by atoms with Crippen molar-refractivity contribution in [1.82, 2.24) is 9.78 Å². The molecule has 3 nitrogen and oxygen atoms in total. The summed E-state index contributed by atoms with van der Waals surface area (Å²) in [6.07, 6.45) is -9.26. The largest absolute Gasteiger partial charge is 0.436 e. The van der Waals surface area contributed by atoms with E-state index in [4.69, 9.17) is 16.3 Å². The lowest BCUT2D eigenvalue weighted by molar-refractivity contribution is -0.143. The Kier molecular flexibility index (Phi) is 4.03. The number of alkyl halides is 6. The van der Waals surface area contributed by atoms with Crippen LogP contribution in [-0.2, 0) is 19.4 Å². The first kappa shape index (κ1) is 16.5. The van der Waals surface area contributed by atoms with Crippen molar-refractivity contribution in [3.05, 3.63) is 40.5 Å². The van der Waals surface area contributed by atoms with Gasteiger partial charge >= 0.3 is 12.4 Å². The van der Waals surface area contributed by atoms with E-state index in [1.54, 1.807) is 0 Å². The van der Waals surface area contributed by atoms with Crippen LogP contribution >= 0.6 is 11.6 Å². The Morgan fingerprint density at radius 3 is 1.95 bits per heavy atom. The first-order valence-electron chi connectivity index (χ1n) is 5.65. The van der Waals surface area contributed by atoms with Gasteiger partial charge in [0, 0.05) is 7.05 Å². The lowest BCUT2D eigenvalue weighted by Gasteiger charge is -2.08. The summed E-state index contributed by atoms with van der Waals surface area (Å²) >= 11 is 5.56. The van der Waals surface area contributed by atoms with Crippen LogP contribution in [0.15, 0.2) is 24.3 Å². The summed E-state index contributed by atoms with van der Waals surface area (Å²) in [6.45, 7) is 0. The van der Waals surface area contributed by atoms with Crippen molar-refractivity contribution in [3.63, 3.8) is 0 Å². The summed E-state index contributed by atoms with van der Waals surface area (Å²) < 4.78 is 80.8. The predicted octanol–water partition coefficient (Wildman–Crippen LogP) is 4.90. The molecule has 1 aromatic carbocycles. The van der Waals surface area contributed by atoms with Crippen LogP contribution in [0.1, 0.15) is 11.3 Å². The minimum Gasteiger partial charge on any atom is -0.436 e. The zero-order valence-corrected chi connectivity index (χ0v) is 11.5. The van der Waals surface area contributed by atoms with Gasteiger partial charge in [-0.2, -0.15) is 26.3 Å². The van der Waals surface area contributed by atoms with E-state index in [2.05, 4.69) is 5.10 Å². The number of halogens is 7. The van der Waals surface area contributed by atoms with Gasteiger partial charge in [-0.05, 0) is 24.3 Å². The highest BCUT2D eigenvalue weighted by Gasteiger charge is 2.39. The summed E-state index contributed by atoms with van der Waals surface area (Å²) in [6, 6.07) is 3.38. The fourth-order valence-electron chi connectivity index (χ4n) is 1.67. The van der Waals surface area contributed by atoms with Gasteiger partial charge in [0.25, 0.3) is 5.88 Å². The van der Waals surface area contributed by atoms with Gasteiger partial charge in [0.05, 0.1) is 5.56 Å². The average molecular weight is 345 g/mol. The molecule has 0 atom stereocenters. The highest BCUT2D eigenvalue weighted by atomic mass is 35.5. The first-order valence-corrected chi connectivity index (χ1v) is 6.02. The van der Waals surface area contributed by atoms with Crippen LogP contribution in [0, 0.1) is 0 Å². The van der Waals surface area contributed by atoms with Gasteiger partial charge < -0.3 is 4.74 Å². The summed E-state index contributed by atoms with van der Waals surface area (Å²) in [7, 11) is 1.02. The molecule has 0 aliphatic heterocycles. The summed E-state index contributed by atoms with van der Waals surface area (Å²) in [5.74, 6) is -0.669. The normalized spacial score (nSPS) is 12.5. The number of nitrogens with zero attached hydrogens (tertiary/aromatic N) is 2. The highest BCUT2D eigenvalue weighted by Crippen LogP contribution is 2.40. The van der Waals surface area contributed by atoms with Gasteiger partial charge in [0.15, 0.2) is 5.69 Å². The van der Waals surface area contributed by atoms with Crippen LogP contribution in [0.3, 0.4) is 0 Å². The summed E-state index contributed by atoms with van der Waals surface area (Å²) in [5, 5.41) is 2.69. The lowest BCUT2D eigenvalue weighted by atomic mass is 10.2. The monoisotopic (exact) mass is 344 g/mol. The molecule has 22 heavy (non-hydrogen) atoms. The third kappa shape index (κ3) is 3.29. The molecule has 2 aromatic rings. The highest BCUT2D eigenvalue weighted by molar-refractivity contribution is 6.32. The zero-order chi connectivity index (χ0) is 16.7. The van der Waals surface area contributed by atoms with Gasteiger partial charge in [-0.25, -0.2) is 0 Å². The number of ether oxygens (including phenoxy) is 1. The lowest BCUT2D eigenvalue weighted by Crippen LogP contribution is -2.12. The molecule has 0 saturated heterocycles. The molecular formula is C12H7ClF6N2O. The molecule has 0 bridgehead atoms. The quantitative estimate of drug-likeness (QED) is 0.724. The number of aryl methyl sites for hydroxylation is 1. The number of aromatic nitrogens is 2. The van der Waals surface area contributed by atoms with E-state index in [1.807, 2.05) is 0 Å². The van der Waals surface area contributed by atoms with E-state index in [-0.39, 0.29) is 5.75 Å². The van der Waals surface area contributed by atoms with E-state index in [0.717, 1.165) is 31.3 Å². The minimum atomic E-state index is -4.74. The van der Waals surface area contributed by atoms with Crippen LogP contribution in [0.5, 0.6) is 11.6 Å². The molecule has 10 heteroatoms. The maximum atomic E-state index is 12.7. The third-order valence-electron chi connectivity index (χ3n) is 2.62. The first-order chi connectivity index (χ1) is 10.00. The second-order valence-electron chi connectivity index (χ2n) is 4.21. The van der Waals surface area contributed by atoms with Crippen LogP contribution in [0.4, 0.5) is 26.3 Å². The van der Waals surface area contributed by atoms with E-state index in [0.29, 0.717) is 4.68 Å². The standard InChI is InChI=1S/C12H7ClF6N2O/c1-21-9(12(17,18)19)8(13)10(20-21)22-7-4-2-6(3-5-7)11(14,15)16/h2-5H,1H3. The van der Waals surface area contributed by atoms with Gasteiger partial charge in [0.2, 0.25) is 0 Å². The van der Waals surface area contributed by atoms with Crippen LogP contribution in [-0.4, -0.2) is 9.78 Å². The Hall–Kier alpha value is -1.90. The average Bonchev–Trinajstić information content (AvgIpc) is 2.63. The molecule has 0 fully saturated rings. The smallest absolute Gasteiger partial charge is 0.434 e. The maximum absolute atomic E-state index is 12.7. The van der Waals surface area contributed by atoms with Crippen LogP contribution in [0.2, 0.25) is 5.02 Å². The zero-order valence-electron chi connectivity index (χ0n) is 10.8. The molecule has 0 unspecified atom stereocenters. The summed E-state index contributed by atoms with van der Waals surface area (Å²) in [5.41, 5.74) is -2.13. The molecule has 120 valence electrons. The van der Waals surface area contributed by atoms with Crippen LogP contribution < -0.4 is 4.74 Å². The Morgan fingerprint density at radius 1 is 1.00 bits per heavy atom. The van der Waals surface area contributed by atoms with E-state index in [9.17, 15) is 26.3 Å². The molecule has 2 rings (SSSR count).